The van der Waals surface area contributed by atoms with Gasteiger partial charge in [0.05, 0.1) is 6.42 Å². The highest BCUT2D eigenvalue weighted by molar-refractivity contribution is 6.35. The van der Waals surface area contributed by atoms with E-state index in [1.54, 1.807) is 17.0 Å². The van der Waals surface area contributed by atoms with Crippen LogP contribution in [0.5, 0.6) is 0 Å². The van der Waals surface area contributed by atoms with Gasteiger partial charge in [0, 0.05) is 29.6 Å². The molecule has 0 bridgehead atoms. The fourth-order valence-corrected chi connectivity index (χ4v) is 2.82. The minimum Gasteiger partial charge on any atom is -0.481 e. The molecule has 1 aromatic carbocycles. The minimum atomic E-state index is -0.961. The second kappa shape index (κ2) is 5.80. The topological polar surface area (TPSA) is 57.6 Å². The Morgan fingerprint density at radius 1 is 1.26 bits per heavy atom. The lowest BCUT2D eigenvalue weighted by molar-refractivity contribution is -0.141. The van der Waals surface area contributed by atoms with Crippen LogP contribution in [0.15, 0.2) is 12.1 Å². The van der Waals surface area contributed by atoms with Crippen LogP contribution < -0.4 is 0 Å². The lowest BCUT2D eigenvalue weighted by atomic mass is 9.99. The average molecular weight is 302 g/mol. The summed E-state index contributed by atoms with van der Waals surface area (Å²) in [6.07, 6.45) is 0.557. The van der Waals surface area contributed by atoms with E-state index < -0.39 is 5.97 Å². The predicted molar refractivity (Wildman–Crippen MR) is 72.5 cm³/mol. The van der Waals surface area contributed by atoms with Gasteiger partial charge in [-0.25, -0.2) is 0 Å². The van der Waals surface area contributed by atoms with Gasteiger partial charge in [0.1, 0.15) is 0 Å². The fourth-order valence-electron chi connectivity index (χ4n) is 2.19. The maximum absolute atomic E-state index is 11.9. The Kier molecular flexibility index (Phi) is 4.32. The summed E-state index contributed by atoms with van der Waals surface area (Å²) in [5.41, 5.74) is 1.96. The quantitative estimate of drug-likeness (QED) is 0.934. The van der Waals surface area contributed by atoms with Crippen LogP contribution in [0.25, 0.3) is 0 Å². The van der Waals surface area contributed by atoms with Gasteiger partial charge in [-0.15, -0.1) is 0 Å². The standard InChI is InChI=1S/C13H13Cl2NO3/c14-9-5-8-7-16(12(17)1-2-13(18)19)4-3-10(8)11(15)6-9/h5-6H,1-4,7H2,(H,18,19). The molecule has 4 nitrogen and oxygen atoms in total. The summed E-state index contributed by atoms with van der Waals surface area (Å²) in [5, 5.41) is 9.76. The first-order valence-corrected chi connectivity index (χ1v) is 6.69. The summed E-state index contributed by atoms with van der Waals surface area (Å²) in [6, 6.07) is 3.50. The van der Waals surface area contributed by atoms with Crippen molar-refractivity contribution < 1.29 is 14.7 Å². The fraction of sp³-hybridized carbons (Fsp3) is 0.385. The van der Waals surface area contributed by atoms with Crippen molar-refractivity contribution in [1.29, 1.82) is 0 Å². The van der Waals surface area contributed by atoms with Crippen molar-refractivity contribution in [3.05, 3.63) is 33.3 Å². The highest BCUT2D eigenvalue weighted by atomic mass is 35.5. The van der Waals surface area contributed by atoms with Gasteiger partial charge in [-0.1, -0.05) is 23.2 Å². The van der Waals surface area contributed by atoms with E-state index in [0.29, 0.717) is 29.6 Å². The van der Waals surface area contributed by atoms with Crippen molar-refractivity contribution in [2.75, 3.05) is 6.54 Å². The second-order valence-electron chi connectivity index (χ2n) is 4.48. The smallest absolute Gasteiger partial charge is 0.303 e. The van der Waals surface area contributed by atoms with Gasteiger partial charge in [0.15, 0.2) is 0 Å². The van der Waals surface area contributed by atoms with Crippen molar-refractivity contribution >= 4 is 35.1 Å². The molecule has 1 aliphatic heterocycles. The van der Waals surface area contributed by atoms with Gasteiger partial charge >= 0.3 is 5.97 Å². The second-order valence-corrected chi connectivity index (χ2v) is 5.33. The number of aliphatic carboxylic acids is 1. The largest absolute Gasteiger partial charge is 0.481 e. The molecule has 0 spiro atoms. The van der Waals surface area contributed by atoms with Crippen LogP contribution in [-0.4, -0.2) is 28.4 Å². The van der Waals surface area contributed by atoms with Crippen molar-refractivity contribution in [3.8, 4) is 0 Å². The molecule has 1 amide bonds. The molecule has 0 saturated heterocycles. The SMILES string of the molecule is O=C(O)CCC(=O)N1CCc2c(Cl)cc(Cl)cc2C1. The van der Waals surface area contributed by atoms with E-state index in [-0.39, 0.29) is 18.7 Å². The van der Waals surface area contributed by atoms with E-state index in [0.717, 1.165) is 11.1 Å². The molecule has 2 rings (SSSR count). The number of carbonyl (C=O) groups is 2. The van der Waals surface area contributed by atoms with Gasteiger partial charge in [-0.3, -0.25) is 9.59 Å². The van der Waals surface area contributed by atoms with E-state index in [1.807, 2.05) is 0 Å². The first kappa shape index (κ1) is 14.2. The monoisotopic (exact) mass is 301 g/mol. The molecule has 0 aromatic heterocycles. The van der Waals surface area contributed by atoms with Crippen LogP contribution in [0.2, 0.25) is 10.0 Å². The predicted octanol–water partition coefficient (Wildman–Crippen LogP) is 2.74. The Balaban J connectivity index is 2.09. The number of fused-ring (bicyclic) bond motifs is 1. The number of nitrogens with zero attached hydrogens (tertiary/aromatic N) is 1. The van der Waals surface area contributed by atoms with Crippen molar-refractivity contribution in [3.63, 3.8) is 0 Å². The van der Waals surface area contributed by atoms with Gasteiger partial charge in [0.2, 0.25) is 5.91 Å². The molecule has 1 aliphatic rings. The van der Waals surface area contributed by atoms with Crippen LogP contribution in [0.1, 0.15) is 24.0 Å². The lowest BCUT2D eigenvalue weighted by Gasteiger charge is -2.29. The van der Waals surface area contributed by atoms with Crippen LogP contribution >= 0.6 is 23.2 Å². The molecule has 1 aromatic rings. The Bertz CT molecular complexity index is 531. The number of carbonyl (C=O) groups excluding carboxylic acids is 1. The third kappa shape index (κ3) is 3.39. The normalized spacial score (nSPS) is 14.1. The summed E-state index contributed by atoms with van der Waals surface area (Å²) in [4.78, 5) is 24.0. The zero-order chi connectivity index (χ0) is 14.0. The zero-order valence-corrected chi connectivity index (χ0v) is 11.7. The third-order valence-electron chi connectivity index (χ3n) is 3.15. The van der Waals surface area contributed by atoms with Crippen LogP contribution in [0.3, 0.4) is 0 Å². The van der Waals surface area contributed by atoms with Crippen LogP contribution in [-0.2, 0) is 22.6 Å². The maximum atomic E-state index is 11.9. The van der Waals surface area contributed by atoms with Crippen molar-refractivity contribution in [1.82, 2.24) is 4.90 Å². The van der Waals surface area contributed by atoms with Gasteiger partial charge in [-0.05, 0) is 29.7 Å². The summed E-state index contributed by atoms with van der Waals surface area (Å²) in [7, 11) is 0. The lowest BCUT2D eigenvalue weighted by Crippen LogP contribution is -2.36. The molecule has 1 N–H and O–H groups in total. The Labute approximate surface area is 120 Å². The molecular formula is C13H13Cl2NO3. The maximum Gasteiger partial charge on any atom is 0.303 e. The van der Waals surface area contributed by atoms with Gasteiger partial charge in [-0.2, -0.15) is 0 Å². The molecule has 0 saturated carbocycles. The first-order valence-electron chi connectivity index (χ1n) is 5.93. The highest BCUT2D eigenvalue weighted by Gasteiger charge is 2.22. The number of amides is 1. The molecule has 0 fully saturated rings. The molecular weight excluding hydrogens is 289 g/mol. The average Bonchev–Trinajstić information content (AvgIpc) is 2.34. The molecule has 6 heteroatoms. The van der Waals surface area contributed by atoms with Gasteiger partial charge in [0.25, 0.3) is 0 Å². The number of carboxylic acids is 1. The number of hydrogen-bond donors (Lipinski definition) is 1. The van der Waals surface area contributed by atoms with E-state index >= 15 is 0 Å². The molecule has 1 heterocycles. The Morgan fingerprint density at radius 3 is 2.68 bits per heavy atom. The van der Waals surface area contributed by atoms with Crippen molar-refractivity contribution in [2.45, 2.75) is 25.8 Å². The summed E-state index contributed by atoms with van der Waals surface area (Å²) in [5.74, 6) is -1.11. The number of rotatable bonds is 3. The summed E-state index contributed by atoms with van der Waals surface area (Å²) in [6.45, 7) is 1.00. The number of hydrogen-bond acceptors (Lipinski definition) is 2. The van der Waals surface area contributed by atoms with E-state index in [4.69, 9.17) is 28.3 Å². The van der Waals surface area contributed by atoms with E-state index in [1.165, 1.54) is 0 Å². The van der Waals surface area contributed by atoms with Gasteiger partial charge < -0.3 is 10.0 Å². The molecule has 19 heavy (non-hydrogen) atoms. The third-order valence-corrected chi connectivity index (χ3v) is 3.71. The Hall–Kier alpha value is -1.26. The van der Waals surface area contributed by atoms with E-state index in [2.05, 4.69) is 0 Å². The molecule has 0 unspecified atom stereocenters. The Morgan fingerprint density at radius 2 is 2.00 bits per heavy atom. The molecule has 0 atom stereocenters. The number of carboxylic acid groups (broad SMARTS) is 1. The number of halogens is 2. The van der Waals surface area contributed by atoms with E-state index in [9.17, 15) is 9.59 Å². The summed E-state index contributed by atoms with van der Waals surface area (Å²) >= 11 is 12.1. The zero-order valence-electron chi connectivity index (χ0n) is 10.2. The first-order chi connectivity index (χ1) is 8.97. The van der Waals surface area contributed by atoms with Crippen LogP contribution in [0, 0.1) is 0 Å². The summed E-state index contributed by atoms with van der Waals surface area (Å²) < 4.78 is 0. The molecule has 102 valence electrons. The number of benzene rings is 1. The highest BCUT2D eigenvalue weighted by Crippen LogP contribution is 2.30. The van der Waals surface area contributed by atoms with Crippen molar-refractivity contribution in [2.24, 2.45) is 0 Å². The molecule has 0 radical (unpaired) electrons. The molecule has 0 aliphatic carbocycles. The van der Waals surface area contributed by atoms with Crippen LogP contribution in [0.4, 0.5) is 0 Å². The minimum absolute atomic E-state index is 0.0268.